The van der Waals surface area contributed by atoms with Gasteiger partial charge in [-0.1, -0.05) is 20.8 Å². The predicted octanol–water partition coefficient (Wildman–Crippen LogP) is 1.80. The average molecular weight is 213 g/mol. The molecule has 1 N–H and O–H groups in total. The van der Waals surface area contributed by atoms with Crippen LogP contribution in [0.15, 0.2) is 0 Å². The summed E-state index contributed by atoms with van der Waals surface area (Å²) in [6, 6.07) is 0. The third-order valence-corrected chi connectivity index (χ3v) is 2.99. The molecule has 1 saturated heterocycles. The van der Waals surface area contributed by atoms with Gasteiger partial charge in [0.2, 0.25) is 5.91 Å². The number of likely N-dealkylation sites (tertiary alicyclic amines) is 1. The van der Waals surface area contributed by atoms with Crippen molar-refractivity contribution in [2.75, 3.05) is 13.1 Å². The number of rotatable bonds is 0. The molecule has 1 amide bonds. The highest BCUT2D eigenvalue weighted by atomic mass is 16.3. The number of carbonyl (C=O) groups is 1. The summed E-state index contributed by atoms with van der Waals surface area (Å²) in [4.78, 5) is 13.9. The van der Waals surface area contributed by atoms with E-state index < -0.39 is 5.60 Å². The molecule has 3 heteroatoms. The Kier molecular flexibility index (Phi) is 3.44. The average Bonchev–Trinajstić information content (AvgIpc) is 2.23. The maximum Gasteiger partial charge on any atom is 0.227 e. The highest BCUT2D eigenvalue weighted by Crippen LogP contribution is 2.25. The third kappa shape index (κ3) is 3.49. The first-order chi connectivity index (χ1) is 6.72. The third-order valence-electron chi connectivity index (χ3n) is 2.99. The summed E-state index contributed by atoms with van der Waals surface area (Å²) in [6.45, 7) is 9.16. The molecule has 88 valence electrons. The van der Waals surface area contributed by atoms with Crippen molar-refractivity contribution < 1.29 is 9.90 Å². The van der Waals surface area contributed by atoms with Crippen LogP contribution in [-0.4, -0.2) is 34.6 Å². The summed E-state index contributed by atoms with van der Waals surface area (Å²) < 4.78 is 0. The standard InChI is InChI=1S/C12H23NO2/c1-11(2,3)10(14)13-8-5-6-12(4,15)7-9-13/h15H,5-9H2,1-4H3. The summed E-state index contributed by atoms with van der Waals surface area (Å²) in [5.74, 6) is 0.195. The Bertz CT molecular complexity index is 240. The van der Waals surface area contributed by atoms with E-state index in [0.29, 0.717) is 13.0 Å². The number of amides is 1. The molecule has 1 aliphatic rings. The van der Waals surface area contributed by atoms with Crippen LogP contribution in [-0.2, 0) is 4.79 Å². The Morgan fingerprint density at radius 1 is 1.27 bits per heavy atom. The molecular weight excluding hydrogens is 190 g/mol. The fourth-order valence-corrected chi connectivity index (χ4v) is 1.94. The molecule has 0 aromatic carbocycles. The zero-order valence-electron chi connectivity index (χ0n) is 10.3. The van der Waals surface area contributed by atoms with Gasteiger partial charge in [0.25, 0.3) is 0 Å². The highest BCUT2D eigenvalue weighted by molar-refractivity contribution is 5.81. The fraction of sp³-hybridized carbons (Fsp3) is 0.917. The van der Waals surface area contributed by atoms with Gasteiger partial charge in [-0.05, 0) is 26.2 Å². The maximum absolute atomic E-state index is 12.0. The summed E-state index contributed by atoms with van der Waals surface area (Å²) >= 11 is 0. The molecule has 0 spiro atoms. The second-order valence-corrected chi connectivity index (χ2v) is 5.89. The van der Waals surface area contributed by atoms with Crippen molar-refractivity contribution in [2.45, 2.75) is 52.6 Å². The smallest absolute Gasteiger partial charge is 0.227 e. The number of hydrogen-bond donors (Lipinski definition) is 1. The highest BCUT2D eigenvalue weighted by Gasteiger charge is 2.31. The fourth-order valence-electron chi connectivity index (χ4n) is 1.94. The maximum atomic E-state index is 12.0. The molecule has 0 aromatic rings. The van der Waals surface area contributed by atoms with Crippen molar-refractivity contribution in [3.8, 4) is 0 Å². The van der Waals surface area contributed by atoms with E-state index in [2.05, 4.69) is 0 Å². The van der Waals surface area contributed by atoms with Crippen LogP contribution in [0.25, 0.3) is 0 Å². The van der Waals surface area contributed by atoms with Gasteiger partial charge in [0.15, 0.2) is 0 Å². The summed E-state index contributed by atoms with van der Waals surface area (Å²) in [6.07, 6.45) is 2.38. The Morgan fingerprint density at radius 3 is 2.40 bits per heavy atom. The van der Waals surface area contributed by atoms with Crippen LogP contribution in [0.1, 0.15) is 47.0 Å². The second kappa shape index (κ2) is 4.12. The van der Waals surface area contributed by atoms with Crippen LogP contribution in [0.2, 0.25) is 0 Å². The quantitative estimate of drug-likeness (QED) is 0.666. The molecule has 1 rings (SSSR count). The topological polar surface area (TPSA) is 40.5 Å². The van der Waals surface area contributed by atoms with Crippen molar-refractivity contribution in [3.05, 3.63) is 0 Å². The number of carbonyl (C=O) groups excluding carboxylic acids is 1. The van der Waals surface area contributed by atoms with Crippen molar-refractivity contribution in [3.63, 3.8) is 0 Å². The van der Waals surface area contributed by atoms with Gasteiger partial charge in [-0.3, -0.25) is 4.79 Å². The minimum atomic E-state index is -0.590. The van der Waals surface area contributed by atoms with Crippen LogP contribution < -0.4 is 0 Å². The molecule has 1 unspecified atom stereocenters. The second-order valence-electron chi connectivity index (χ2n) is 5.89. The SMILES string of the molecule is CC1(O)CCCN(C(=O)C(C)(C)C)CC1. The first-order valence-corrected chi connectivity index (χ1v) is 5.74. The van der Waals surface area contributed by atoms with Crippen molar-refractivity contribution in [1.82, 2.24) is 4.90 Å². The molecule has 0 saturated carbocycles. The van der Waals surface area contributed by atoms with E-state index >= 15 is 0 Å². The molecule has 3 nitrogen and oxygen atoms in total. The van der Waals surface area contributed by atoms with E-state index in [4.69, 9.17) is 0 Å². The number of hydrogen-bond acceptors (Lipinski definition) is 2. The van der Waals surface area contributed by atoms with E-state index in [-0.39, 0.29) is 11.3 Å². The van der Waals surface area contributed by atoms with Crippen LogP contribution in [0.4, 0.5) is 0 Å². The van der Waals surface area contributed by atoms with Crippen LogP contribution in [0, 0.1) is 5.41 Å². The Balaban J connectivity index is 2.62. The van der Waals surface area contributed by atoms with E-state index in [1.54, 1.807) is 0 Å². The molecule has 1 atom stereocenters. The van der Waals surface area contributed by atoms with Gasteiger partial charge in [-0.2, -0.15) is 0 Å². The van der Waals surface area contributed by atoms with Crippen molar-refractivity contribution >= 4 is 5.91 Å². The van der Waals surface area contributed by atoms with E-state index in [1.165, 1.54) is 0 Å². The summed E-state index contributed by atoms with van der Waals surface area (Å²) in [5.41, 5.74) is -0.900. The lowest BCUT2D eigenvalue weighted by atomic mass is 9.94. The molecule has 1 fully saturated rings. The van der Waals surface area contributed by atoms with Gasteiger partial charge < -0.3 is 10.0 Å². The summed E-state index contributed by atoms with van der Waals surface area (Å²) in [5, 5.41) is 9.92. The molecule has 0 aliphatic carbocycles. The zero-order valence-corrected chi connectivity index (χ0v) is 10.3. The first kappa shape index (κ1) is 12.5. The molecular formula is C12H23NO2. The molecule has 15 heavy (non-hydrogen) atoms. The monoisotopic (exact) mass is 213 g/mol. The van der Waals surface area contributed by atoms with Crippen molar-refractivity contribution in [2.24, 2.45) is 5.41 Å². The van der Waals surface area contributed by atoms with E-state index in [0.717, 1.165) is 19.4 Å². The van der Waals surface area contributed by atoms with Crippen molar-refractivity contribution in [1.29, 1.82) is 0 Å². The first-order valence-electron chi connectivity index (χ1n) is 5.74. The number of nitrogens with zero attached hydrogens (tertiary/aromatic N) is 1. The van der Waals surface area contributed by atoms with Gasteiger partial charge in [0.05, 0.1) is 5.60 Å². The van der Waals surface area contributed by atoms with Crippen LogP contribution in [0.5, 0.6) is 0 Å². The van der Waals surface area contributed by atoms with Crippen LogP contribution >= 0.6 is 0 Å². The van der Waals surface area contributed by atoms with Gasteiger partial charge in [0.1, 0.15) is 0 Å². The number of aliphatic hydroxyl groups is 1. The lowest BCUT2D eigenvalue weighted by Crippen LogP contribution is -2.40. The predicted molar refractivity (Wildman–Crippen MR) is 60.5 cm³/mol. The molecule has 0 aromatic heterocycles. The van der Waals surface area contributed by atoms with Gasteiger partial charge in [-0.15, -0.1) is 0 Å². The largest absolute Gasteiger partial charge is 0.390 e. The van der Waals surface area contributed by atoms with Crippen LogP contribution in [0.3, 0.4) is 0 Å². The molecule has 0 bridgehead atoms. The normalized spacial score (nSPS) is 28.7. The Labute approximate surface area is 92.5 Å². The minimum absolute atomic E-state index is 0.195. The zero-order chi connectivity index (χ0) is 11.7. The molecule has 0 radical (unpaired) electrons. The lowest BCUT2D eigenvalue weighted by molar-refractivity contribution is -0.139. The van der Waals surface area contributed by atoms with Gasteiger partial charge in [-0.25, -0.2) is 0 Å². The van der Waals surface area contributed by atoms with Gasteiger partial charge in [0, 0.05) is 18.5 Å². The molecule has 1 heterocycles. The summed E-state index contributed by atoms with van der Waals surface area (Å²) in [7, 11) is 0. The Morgan fingerprint density at radius 2 is 1.87 bits per heavy atom. The minimum Gasteiger partial charge on any atom is -0.390 e. The van der Waals surface area contributed by atoms with Gasteiger partial charge >= 0.3 is 0 Å². The van der Waals surface area contributed by atoms with E-state index in [1.807, 2.05) is 32.6 Å². The lowest BCUT2D eigenvalue weighted by Gasteiger charge is -2.28. The van der Waals surface area contributed by atoms with E-state index in [9.17, 15) is 9.90 Å². The molecule has 1 aliphatic heterocycles. The Hall–Kier alpha value is -0.570.